The first kappa shape index (κ1) is 17.4. The second kappa shape index (κ2) is 7.23. The van der Waals surface area contributed by atoms with Crippen LogP contribution in [0.2, 0.25) is 5.02 Å². The number of halogens is 1. The third kappa shape index (κ3) is 3.80. The lowest BCUT2D eigenvalue weighted by Crippen LogP contribution is -2.43. The van der Waals surface area contributed by atoms with Gasteiger partial charge in [0.05, 0.1) is 5.92 Å². The molecule has 3 rings (SSSR count). The Kier molecular flexibility index (Phi) is 5.24. The minimum absolute atomic E-state index is 0.177. The van der Waals surface area contributed by atoms with Gasteiger partial charge in [-0.2, -0.15) is 4.31 Å². The number of carbonyl (C=O) groups is 1. The number of anilines is 1. The summed E-state index contributed by atoms with van der Waals surface area (Å²) in [5.74, 6) is -0.546. The standard InChI is InChI=1S/C16H17ClN2O3S2/c17-13-5-1-6-14(10-13)18-16(20)12-4-2-8-19(11-12)24(21,22)15-7-3-9-23-15/h1,3,5-7,9-10,12H,2,4,8,11H2,(H,18,20). The maximum atomic E-state index is 12.6. The van der Waals surface area contributed by atoms with Gasteiger partial charge >= 0.3 is 0 Å². The Morgan fingerprint density at radius 3 is 2.83 bits per heavy atom. The van der Waals surface area contributed by atoms with Crippen molar-refractivity contribution >= 4 is 44.6 Å². The molecule has 0 bridgehead atoms. The summed E-state index contributed by atoms with van der Waals surface area (Å²) < 4.78 is 26.9. The molecule has 128 valence electrons. The van der Waals surface area contributed by atoms with Gasteiger partial charge in [0.25, 0.3) is 10.0 Å². The number of benzene rings is 1. The van der Waals surface area contributed by atoms with Crippen LogP contribution in [0.5, 0.6) is 0 Å². The van der Waals surface area contributed by atoms with Crippen molar-refractivity contribution in [2.24, 2.45) is 5.92 Å². The molecule has 0 spiro atoms. The number of hydrogen-bond acceptors (Lipinski definition) is 4. The molecule has 5 nitrogen and oxygen atoms in total. The van der Waals surface area contributed by atoms with Gasteiger partial charge in [-0.05, 0) is 42.5 Å². The van der Waals surface area contributed by atoms with Gasteiger partial charge in [-0.3, -0.25) is 4.79 Å². The zero-order valence-electron chi connectivity index (χ0n) is 12.8. The van der Waals surface area contributed by atoms with Crippen LogP contribution in [0.15, 0.2) is 46.0 Å². The average Bonchev–Trinajstić information content (AvgIpc) is 3.10. The first-order valence-corrected chi connectivity index (χ1v) is 10.3. The summed E-state index contributed by atoms with van der Waals surface area (Å²) >= 11 is 7.11. The average molecular weight is 385 g/mol. The SMILES string of the molecule is O=C(Nc1cccc(Cl)c1)C1CCCN(S(=O)(=O)c2cccs2)C1. The molecule has 0 aliphatic carbocycles. The normalized spacial score (nSPS) is 19.1. The largest absolute Gasteiger partial charge is 0.326 e. The molecular weight excluding hydrogens is 368 g/mol. The highest BCUT2D eigenvalue weighted by molar-refractivity contribution is 7.91. The van der Waals surface area contributed by atoms with E-state index in [9.17, 15) is 13.2 Å². The van der Waals surface area contributed by atoms with Gasteiger partial charge < -0.3 is 5.32 Å². The molecule has 1 aliphatic rings. The van der Waals surface area contributed by atoms with E-state index >= 15 is 0 Å². The molecule has 1 unspecified atom stereocenters. The maximum absolute atomic E-state index is 12.6. The van der Waals surface area contributed by atoms with Gasteiger partial charge in [0.15, 0.2) is 0 Å². The molecule has 0 saturated carbocycles. The molecule has 1 amide bonds. The predicted molar refractivity (Wildman–Crippen MR) is 95.9 cm³/mol. The predicted octanol–water partition coefficient (Wildman–Crippen LogP) is 3.44. The fourth-order valence-electron chi connectivity index (χ4n) is 2.72. The van der Waals surface area contributed by atoms with Crippen molar-refractivity contribution in [2.75, 3.05) is 18.4 Å². The number of piperidine rings is 1. The molecule has 2 aromatic rings. The summed E-state index contributed by atoms with van der Waals surface area (Å²) in [5.41, 5.74) is 0.616. The summed E-state index contributed by atoms with van der Waals surface area (Å²) in [6.07, 6.45) is 1.33. The van der Waals surface area contributed by atoms with E-state index in [4.69, 9.17) is 11.6 Å². The van der Waals surface area contributed by atoms with E-state index in [1.54, 1.807) is 41.8 Å². The van der Waals surface area contributed by atoms with Crippen molar-refractivity contribution in [1.29, 1.82) is 0 Å². The molecule has 8 heteroatoms. The third-order valence-corrected chi connectivity index (χ3v) is 7.41. The minimum atomic E-state index is -3.51. The number of nitrogens with one attached hydrogen (secondary N) is 1. The third-order valence-electron chi connectivity index (χ3n) is 3.94. The van der Waals surface area contributed by atoms with Crippen molar-refractivity contribution in [3.8, 4) is 0 Å². The Bertz CT molecular complexity index is 822. The van der Waals surface area contributed by atoms with Crippen molar-refractivity contribution in [3.63, 3.8) is 0 Å². The van der Waals surface area contributed by atoms with Gasteiger partial charge in [-0.15, -0.1) is 11.3 Å². The number of carbonyl (C=O) groups excluding carboxylic acids is 1. The van der Waals surface area contributed by atoms with E-state index in [1.807, 2.05) is 0 Å². The Labute approximate surface area is 150 Å². The summed E-state index contributed by atoms with van der Waals surface area (Å²) in [5, 5.41) is 5.09. The van der Waals surface area contributed by atoms with Gasteiger partial charge in [-0.1, -0.05) is 23.7 Å². The number of amides is 1. The summed E-state index contributed by atoms with van der Waals surface area (Å²) in [6.45, 7) is 0.647. The molecule has 1 N–H and O–H groups in total. The van der Waals surface area contributed by atoms with Crippen LogP contribution in [-0.2, 0) is 14.8 Å². The highest BCUT2D eigenvalue weighted by Crippen LogP contribution is 2.27. The first-order chi connectivity index (χ1) is 11.5. The van der Waals surface area contributed by atoms with E-state index in [0.717, 1.165) is 0 Å². The van der Waals surface area contributed by atoms with Gasteiger partial charge in [0.2, 0.25) is 5.91 Å². The van der Waals surface area contributed by atoms with E-state index in [2.05, 4.69) is 5.32 Å². The fraction of sp³-hybridized carbons (Fsp3) is 0.312. The van der Waals surface area contributed by atoms with Gasteiger partial charge in [0.1, 0.15) is 4.21 Å². The number of sulfonamides is 1. The smallest absolute Gasteiger partial charge is 0.252 e. The highest BCUT2D eigenvalue weighted by atomic mass is 35.5. The van der Waals surface area contributed by atoms with E-state index < -0.39 is 10.0 Å². The van der Waals surface area contributed by atoms with Crippen LogP contribution < -0.4 is 5.32 Å². The van der Waals surface area contributed by atoms with Crippen LogP contribution in [0.3, 0.4) is 0 Å². The Morgan fingerprint density at radius 1 is 1.29 bits per heavy atom. The first-order valence-electron chi connectivity index (χ1n) is 7.57. The molecule has 1 fully saturated rings. The van der Waals surface area contributed by atoms with Gasteiger partial charge in [0, 0.05) is 23.8 Å². The van der Waals surface area contributed by atoms with E-state index in [-0.39, 0.29) is 18.4 Å². The van der Waals surface area contributed by atoms with Crippen molar-refractivity contribution in [3.05, 3.63) is 46.8 Å². The lowest BCUT2D eigenvalue weighted by molar-refractivity contribution is -0.120. The zero-order valence-corrected chi connectivity index (χ0v) is 15.2. The summed E-state index contributed by atoms with van der Waals surface area (Å²) in [7, 11) is -3.51. The second-order valence-electron chi connectivity index (χ2n) is 5.63. The quantitative estimate of drug-likeness (QED) is 0.878. The van der Waals surface area contributed by atoms with Crippen molar-refractivity contribution in [2.45, 2.75) is 17.1 Å². The number of nitrogens with zero attached hydrogens (tertiary/aromatic N) is 1. The van der Waals surface area contributed by atoms with Crippen LogP contribution in [0.1, 0.15) is 12.8 Å². The van der Waals surface area contributed by atoms with Crippen LogP contribution >= 0.6 is 22.9 Å². The molecule has 2 heterocycles. The highest BCUT2D eigenvalue weighted by Gasteiger charge is 2.33. The minimum Gasteiger partial charge on any atom is -0.326 e. The second-order valence-corrected chi connectivity index (χ2v) is 9.18. The zero-order chi connectivity index (χ0) is 17.2. The molecular formula is C16H17ClN2O3S2. The monoisotopic (exact) mass is 384 g/mol. The van der Waals surface area contributed by atoms with Crippen molar-refractivity contribution in [1.82, 2.24) is 4.31 Å². The van der Waals surface area contributed by atoms with Crippen molar-refractivity contribution < 1.29 is 13.2 Å². The fourth-order valence-corrected chi connectivity index (χ4v) is 5.58. The molecule has 24 heavy (non-hydrogen) atoms. The maximum Gasteiger partial charge on any atom is 0.252 e. The topological polar surface area (TPSA) is 66.5 Å². The van der Waals surface area contributed by atoms with E-state index in [0.29, 0.717) is 34.3 Å². The van der Waals surface area contributed by atoms with Gasteiger partial charge in [-0.25, -0.2) is 8.42 Å². The molecule has 0 radical (unpaired) electrons. The lowest BCUT2D eigenvalue weighted by Gasteiger charge is -2.30. The van der Waals surface area contributed by atoms with Crippen LogP contribution in [-0.4, -0.2) is 31.7 Å². The number of rotatable bonds is 4. The molecule has 1 aliphatic heterocycles. The van der Waals surface area contributed by atoms with Crippen LogP contribution in [0, 0.1) is 5.92 Å². The Hall–Kier alpha value is -1.41. The lowest BCUT2D eigenvalue weighted by atomic mass is 9.99. The van der Waals surface area contributed by atoms with E-state index in [1.165, 1.54) is 15.6 Å². The summed E-state index contributed by atoms with van der Waals surface area (Å²) in [4.78, 5) is 12.5. The molecule has 1 aromatic heterocycles. The number of hydrogen-bond donors (Lipinski definition) is 1. The Balaban J connectivity index is 1.70. The number of thiophene rings is 1. The summed E-state index contributed by atoms with van der Waals surface area (Å²) in [6, 6.07) is 10.2. The Morgan fingerprint density at radius 2 is 2.12 bits per heavy atom. The van der Waals surface area contributed by atoms with Crippen LogP contribution in [0.4, 0.5) is 5.69 Å². The molecule has 1 saturated heterocycles. The van der Waals surface area contributed by atoms with Crippen LogP contribution in [0.25, 0.3) is 0 Å². The molecule has 1 aromatic carbocycles. The molecule has 1 atom stereocenters.